The molecule has 9 heteroatoms. The molecule has 18 heavy (non-hydrogen) atoms. The third kappa shape index (κ3) is 2.05. The zero-order valence-electron chi connectivity index (χ0n) is 9.07. The third-order valence-electron chi connectivity index (χ3n) is 2.13. The smallest absolute Gasteiger partial charge is 0.259 e. The first kappa shape index (κ1) is 12.5. The van der Waals surface area contributed by atoms with Crippen molar-refractivity contribution < 1.29 is 8.42 Å². The van der Waals surface area contributed by atoms with Crippen LogP contribution in [-0.2, 0) is 9.05 Å². The maximum Gasteiger partial charge on any atom is 0.280 e. The molecule has 2 rings (SSSR count). The van der Waals surface area contributed by atoms with E-state index in [1.54, 1.807) is 6.07 Å². The van der Waals surface area contributed by atoms with Gasteiger partial charge < -0.3 is 0 Å². The summed E-state index contributed by atoms with van der Waals surface area (Å²) >= 11 is 0. The summed E-state index contributed by atoms with van der Waals surface area (Å²) in [5, 5.41) is 12.5. The van der Waals surface area contributed by atoms with Gasteiger partial charge in [0.25, 0.3) is 9.05 Å². The monoisotopic (exact) mass is 283 g/mol. The number of hydrogen-bond acceptors (Lipinski definition) is 6. The molecule has 2 aromatic heterocycles. The molecule has 0 aliphatic rings. The van der Waals surface area contributed by atoms with Gasteiger partial charge >= 0.3 is 0 Å². The minimum Gasteiger partial charge on any atom is -0.259 e. The summed E-state index contributed by atoms with van der Waals surface area (Å²) in [7, 11) is 1.20. The van der Waals surface area contributed by atoms with E-state index in [-0.39, 0.29) is 17.1 Å². The standard InChI is InChI=1S/C9H6ClN5O2S/c1-6-7(4-11)9(18(10,16)17)15(14-6)8-5-12-2-3-13-8/h2-3,5H,1H3. The highest BCUT2D eigenvalue weighted by Gasteiger charge is 2.26. The first-order valence-electron chi connectivity index (χ1n) is 4.66. The maximum absolute atomic E-state index is 11.5. The molecule has 7 nitrogen and oxygen atoms in total. The van der Waals surface area contributed by atoms with E-state index in [1.165, 1.54) is 25.5 Å². The first-order chi connectivity index (χ1) is 8.45. The van der Waals surface area contributed by atoms with Crippen LogP contribution in [0, 0.1) is 18.3 Å². The van der Waals surface area contributed by atoms with E-state index in [1.807, 2.05) is 0 Å². The second-order valence-corrected chi connectivity index (χ2v) is 5.77. The van der Waals surface area contributed by atoms with Crippen LogP contribution in [0.2, 0.25) is 0 Å². The zero-order valence-corrected chi connectivity index (χ0v) is 10.6. The lowest BCUT2D eigenvalue weighted by atomic mass is 10.3. The lowest BCUT2D eigenvalue weighted by Crippen LogP contribution is -2.07. The number of nitrogens with zero attached hydrogens (tertiary/aromatic N) is 5. The Labute approximate surface area is 107 Å². The lowest BCUT2D eigenvalue weighted by molar-refractivity contribution is 0.598. The molecule has 0 amide bonds. The summed E-state index contributed by atoms with van der Waals surface area (Å²) in [5.41, 5.74) is 0.151. The van der Waals surface area contributed by atoms with Crippen molar-refractivity contribution in [2.75, 3.05) is 0 Å². The fourth-order valence-electron chi connectivity index (χ4n) is 1.42. The SMILES string of the molecule is Cc1nn(-c2cnccn2)c(S(=O)(=O)Cl)c1C#N. The van der Waals surface area contributed by atoms with Crippen LogP contribution in [0.1, 0.15) is 11.3 Å². The van der Waals surface area contributed by atoms with Crippen molar-refractivity contribution in [2.24, 2.45) is 0 Å². The second-order valence-electron chi connectivity index (χ2n) is 3.29. The molecular weight excluding hydrogens is 278 g/mol. The van der Waals surface area contributed by atoms with E-state index >= 15 is 0 Å². The van der Waals surface area contributed by atoms with Crippen LogP contribution in [0.5, 0.6) is 0 Å². The summed E-state index contributed by atoms with van der Waals surface area (Å²) in [6.45, 7) is 1.51. The van der Waals surface area contributed by atoms with Gasteiger partial charge in [-0.2, -0.15) is 15.0 Å². The molecule has 0 unspecified atom stereocenters. The highest BCUT2D eigenvalue weighted by Crippen LogP contribution is 2.24. The third-order valence-corrected chi connectivity index (χ3v) is 3.40. The molecule has 0 saturated carbocycles. The Morgan fingerprint density at radius 3 is 2.67 bits per heavy atom. The van der Waals surface area contributed by atoms with Crippen molar-refractivity contribution in [1.29, 1.82) is 5.26 Å². The van der Waals surface area contributed by atoms with Crippen LogP contribution in [0.3, 0.4) is 0 Å². The van der Waals surface area contributed by atoms with Crippen LogP contribution in [0.15, 0.2) is 23.6 Å². The Bertz CT molecular complexity index is 732. The molecule has 2 aromatic rings. The lowest BCUT2D eigenvalue weighted by Gasteiger charge is -2.02. The van der Waals surface area contributed by atoms with E-state index in [4.69, 9.17) is 15.9 Å². The molecule has 0 spiro atoms. The summed E-state index contributed by atoms with van der Waals surface area (Å²) in [5.74, 6) is 0.168. The van der Waals surface area contributed by atoms with Crippen molar-refractivity contribution >= 4 is 19.7 Å². The van der Waals surface area contributed by atoms with Crippen molar-refractivity contribution in [3.8, 4) is 11.9 Å². The van der Waals surface area contributed by atoms with Crippen LogP contribution >= 0.6 is 10.7 Å². The van der Waals surface area contributed by atoms with Gasteiger partial charge in [0, 0.05) is 23.1 Å². The normalized spacial score (nSPS) is 11.2. The van der Waals surface area contributed by atoms with E-state index in [0.717, 1.165) is 4.68 Å². The number of nitriles is 1. The molecule has 0 fully saturated rings. The van der Waals surface area contributed by atoms with E-state index in [9.17, 15) is 8.42 Å². The fraction of sp³-hybridized carbons (Fsp3) is 0.111. The van der Waals surface area contributed by atoms with E-state index in [0.29, 0.717) is 0 Å². The number of halogens is 1. The van der Waals surface area contributed by atoms with Crippen LogP contribution < -0.4 is 0 Å². The largest absolute Gasteiger partial charge is 0.280 e. The zero-order chi connectivity index (χ0) is 13.3. The first-order valence-corrected chi connectivity index (χ1v) is 6.97. The van der Waals surface area contributed by atoms with Gasteiger partial charge in [0.2, 0.25) is 0 Å². The highest BCUT2D eigenvalue weighted by molar-refractivity contribution is 8.13. The minimum atomic E-state index is -4.12. The van der Waals surface area contributed by atoms with Crippen molar-refractivity contribution in [2.45, 2.75) is 11.9 Å². The molecule has 0 atom stereocenters. The number of hydrogen-bond donors (Lipinski definition) is 0. The van der Waals surface area contributed by atoms with Gasteiger partial charge in [-0.15, -0.1) is 0 Å². The van der Waals surface area contributed by atoms with Crippen LogP contribution in [0.25, 0.3) is 5.82 Å². The molecule has 0 N–H and O–H groups in total. The molecule has 92 valence electrons. The predicted octanol–water partition coefficient (Wildman–Crippen LogP) is 0.770. The van der Waals surface area contributed by atoms with E-state index < -0.39 is 14.1 Å². The molecule has 0 aliphatic carbocycles. The Hall–Kier alpha value is -1.98. The Kier molecular flexibility index (Phi) is 3.02. The predicted molar refractivity (Wildman–Crippen MR) is 61.6 cm³/mol. The molecule has 0 aliphatic heterocycles. The van der Waals surface area contributed by atoms with Crippen molar-refractivity contribution in [3.63, 3.8) is 0 Å². The number of rotatable bonds is 2. The van der Waals surface area contributed by atoms with Gasteiger partial charge in [-0.1, -0.05) is 0 Å². The Morgan fingerprint density at radius 1 is 1.44 bits per heavy atom. The van der Waals surface area contributed by atoms with Gasteiger partial charge in [0.1, 0.15) is 11.6 Å². The summed E-state index contributed by atoms with van der Waals surface area (Å²) in [6, 6.07) is 1.77. The average molecular weight is 284 g/mol. The van der Waals surface area contributed by atoms with Crippen LogP contribution in [-0.4, -0.2) is 28.2 Å². The molecule has 0 aromatic carbocycles. The Morgan fingerprint density at radius 2 is 2.17 bits per heavy atom. The fourth-order valence-corrected chi connectivity index (χ4v) is 2.62. The van der Waals surface area contributed by atoms with Gasteiger partial charge in [-0.05, 0) is 6.92 Å². The summed E-state index contributed by atoms with van der Waals surface area (Å²) in [4.78, 5) is 7.72. The average Bonchev–Trinajstić information content (AvgIpc) is 2.67. The molecular formula is C9H6ClN5O2S. The summed E-state index contributed by atoms with van der Waals surface area (Å²) < 4.78 is 24.0. The molecule has 0 saturated heterocycles. The van der Waals surface area contributed by atoms with Gasteiger partial charge in [-0.25, -0.2) is 13.4 Å². The molecule has 2 heterocycles. The Balaban J connectivity index is 2.83. The van der Waals surface area contributed by atoms with Crippen LogP contribution in [0.4, 0.5) is 0 Å². The molecule has 0 radical (unpaired) electrons. The highest BCUT2D eigenvalue weighted by atomic mass is 35.7. The maximum atomic E-state index is 11.5. The van der Waals surface area contributed by atoms with Gasteiger partial charge in [0.05, 0.1) is 11.9 Å². The topological polar surface area (TPSA) is 102 Å². The quantitative estimate of drug-likeness (QED) is 0.754. The van der Waals surface area contributed by atoms with Crippen molar-refractivity contribution in [3.05, 3.63) is 29.8 Å². The number of aryl methyl sites for hydroxylation is 1. The van der Waals surface area contributed by atoms with E-state index in [2.05, 4.69) is 15.1 Å². The number of aromatic nitrogens is 4. The van der Waals surface area contributed by atoms with Gasteiger partial charge in [-0.3, -0.25) is 4.98 Å². The van der Waals surface area contributed by atoms with Gasteiger partial charge in [0.15, 0.2) is 10.8 Å². The molecule has 0 bridgehead atoms. The second kappa shape index (κ2) is 4.36. The minimum absolute atomic E-state index is 0.101. The van der Waals surface area contributed by atoms with Crippen molar-refractivity contribution in [1.82, 2.24) is 19.7 Å². The summed E-state index contributed by atoms with van der Waals surface area (Å²) in [6.07, 6.45) is 4.13.